The monoisotopic (exact) mass is 204 g/mol. The highest BCUT2D eigenvalue weighted by atomic mass is 35.5. The van der Waals surface area contributed by atoms with Crippen molar-refractivity contribution in [1.29, 1.82) is 0 Å². The number of nitrogens with zero attached hydrogens (tertiary/aromatic N) is 1. The molecule has 1 rings (SSSR count). The van der Waals surface area contributed by atoms with Gasteiger partial charge in [0.1, 0.15) is 11.9 Å². The number of halogens is 1. The molecule has 1 aliphatic rings. The molecule has 74 valence electrons. The van der Waals surface area contributed by atoms with Crippen LogP contribution in [0.1, 0.15) is 12.8 Å². The van der Waals surface area contributed by atoms with Gasteiger partial charge < -0.3 is 10.2 Å². The first kappa shape index (κ1) is 10.3. The van der Waals surface area contributed by atoms with E-state index in [1.54, 1.807) is 11.9 Å². The van der Waals surface area contributed by atoms with E-state index >= 15 is 0 Å². The first-order chi connectivity index (χ1) is 6.20. The summed E-state index contributed by atoms with van der Waals surface area (Å²) >= 11 is 5.42. The van der Waals surface area contributed by atoms with Gasteiger partial charge in [-0.15, -0.1) is 11.6 Å². The average molecular weight is 205 g/mol. The summed E-state index contributed by atoms with van der Waals surface area (Å²) in [6, 6.07) is -0.309. The Hall–Kier alpha value is -0.770. The lowest BCUT2D eigenvalue weighted by Crippen LogP contribution is -2.45. The molecule has 1 heterocycles. The summed E-state index contributed by atoms with van der Waals surface area (Å²) in [5.74, 6) is -0.309. The van der Waals surface area contributed by atoms with Gasteiger partial charge in [-0.25, -0.2) is 0 Å². The van der Waals surface area contributed by atoms with Crippen LogP contribution in [-0.2, 0) is 9.59 Å². The Balaban J connectivity index is 2.63. The van der Waals surface area contributed by atoms with Gasteiger partial charge in [-0.2, -0.15) is 0 Å². The first-order valence-electron chi connectivity index (χ1n) is 4.27. The molecule has 1 saturated heterocycles. The van der Waals surface area contributed by atoms with E-state index in [0.29, 0.717) is 6.54 Å². The van der Waals surface area contributed by atoms with Gasteiger partial charge in [0, 0.05) is 13.6 Å². The van der Waals surface area contributed by atoms with Crippen molar-refractivity contribution in [2.45, 2.75) is 18.9 Å². The predicted octanol–water partition coefficient (Wildman–Crippen LogP) is -0.0378. The van der Waals surface area contributed by atoms with Gasteiger partial charge in [0.05, 0.1) is 0 Å². The molecule has 0 unspecified atom stereocenters. The molecule has 1 fully saturated rings. The van der Waals surface area contributed by atoms with Gasteiger partial charge >= 0.3 is 0 Å². The third-order valence-corrected chi connectivity index (χ3v) is 2.47. The molecule has 1 atom stereocenters. The SMILES string of the molecule is CNC(=O)[C@@H]1CCCN1C(=O)CCl. The molecule has 0 aromatic carbocycles. The molecule has 0 radical (unpaired) electrons. The van der Waals surface area contributed by atoms with E-state index in [1.807, 2.05) is 0 Å². The Morgan fingerprint density at radius 3 is 2.85 bits per heavy atom. The second-order valence-electron chi connectivity index (χ2n) is 2.99. The van der Waals surface area contributed by atoms with Crippen LogP contribution in [0.5, 0.6) is 0 Å². The fraction of sp³-hybridized carbons (Fsp3) is 0.750. The number of alkyl halides is 1. The number of rotatable bonds is 2. The fourth-order valence-electron chi connectivity index (χ4n) is 1.58. The molecule has 0 saturated carbocycles. The van der Waals surface area contributed by atoms with Gasteiger partial charge in [-0.3, -0.25) is 9.59 Å². The summed E-state index contributed by atoms with van der Waals surface area (Å²) in [4.78, 5) is 24.1. The molecule has 2 amide bonds. The second kappa shape index (κ2) is 4.46. The lowest BCUT2D eigenvalue weighted by molar-refractivity contribution is -0.136. The third-order valence-electron chi connectivity index (χ3n) is 2.24. The summed E-state index contributed by atoms with van der Waals surface area (Å²) in [6.07, 6.45) is 1.61. The van der Waals surface area contributed by atoms with Gasteiger partial charge in [0.25, 0.3) is 0 Å². The highest BCUT2D eigenvalue weighted by Gasteiger charge is 2.32. The normalized spacial score (nSPS) is 21.7. The highest BCUT2D eigenvalue weighted by Crippen LogP contribution is 2.17. The maximum atomic E-state index is 11.3. The largest absolute Gasteiger partial charge is 0.357 e. The van der Waals surface area contributed by atoms with E-state index in [1.165, 1.54) is 0 Å². The van der Waals surface area contributed by atoms with Crippen molar-refractivity contribution >= 4 is 23.4 Å². The standard InChI is InChI=1S/C8H13ClN2O2/c1-10-8(13)6-3-2-4-11(6)7(12)5-9/h6H,2-5H2,1H3,(H,10,13)/t6-/m0/s1. The number of nitrogens with one attached hydrogen (secondary N) is 1. The molecular weight excluding hydrogens is 192 g/mol. The van der Waals surface area contributed by atoms with Gasteiger partial charge in [0.15, 0.2) is 0 Å². The minimum atomic E-state index is -0.309. The number of hydrogen-bond acceptors (Lipinski definition) is 2. The Morgan fingerprint density at radius 1 is 1.62 bits per heavy atom. The first-order valence-corrected chi connectivity index (χ1v) is 4.81. The minimum absolute atomic E-state index is 0.0481. The van der Waals surface area contributed by atoms with Gasteiger partial charge in [-0.05, 0) is 12.8 Å². The van der Waals surface area contributed by atoms with Crippen LogP contribution in [0.25, 0.3) is 0 Å². The molecule has 13 heavy (non-hydrogen) atoms. The van der Waals surface area contributed by atoms with Crippen LogP contribution in [0.2, 0.25) is 0 Å². The molecule has 0 aromatic rings. The van der Waals surface area contributed by atoms with Gasteiger partial charge in [-0.1, -0.05) is 0 Å². The molecule has 1 N–H and O–H groups in total. The zero-order chi connectivity index (χ0) is 9.84. The summed E-state index contributed by atoms with van der Waals surface area (Å²) in [5.41, 5.74) is 0. The minimum Gasteiger partial charge on any atom is -0.357 e. The van der Waals surface area contributed by atoms with Crippen LogP contribution in [0, 0.1) is 0 Å². The number of likely N-dealkylation sites (tertiary alicyclic amines) is 1. The number of hydrogen-bond donors (Lipinski definition) is 1. The lowest BCUT2D eigenvalue weighted by Gasteiger charge is -2.22. The van der Waals surface area contributed by atoms with Crippen molar-refractivity contribution in [3.63, 3.8) is 0 Å². The summed E-state index contributed by atoms with van der Waals surface area (Å²) in [7, 11) is 1.57. The summed E-state index contributed by atoms with van der Waals surface area (Å²) in [5, 5.41) is 2.54. The van der Waals surface area contributed by atoms with E-state index in [4.69, 9.17) is 11.6 Å². The molecule has 1 aliphatic heterocycles. The fourth-order valence-corrected chi connectivity index (χ4v) is 1.73. The highest BCUT2D eigenvalue weighted by molar-refractivity contribution is 6.27. The van der Waals surface area contributed by atoms with Crippen molar-refractivity contribution in [3.8, 4) is 0 Å². The lowest BCUT2D eigenvalue weighted by atomic mass is 10.2. The van der Waals surface area contributed by atoms with Crippen LogP contribution >= 0.6 is 11.6 Å². The van der Waals surface area contributed by atoms with Crippen LogP contribution in [0.15, 0.2) is 0 Å². The Labute approximate surface area is 82.2 Å². The van der Waals surface area contributed by atoms with Crippen molar-refractivity contribution in [3.05, 3.63) is 0 Å². The van der Waals surface area contributed by atoms with E-state index in [0.717, 1.165) is 12.8 Å². The smallest absolute Gasteiger partial charge is 0.242 e. The van der Waals surface area contributed by atoms with E-state index in [9.17, 15) is 9.59 Å². The third kappa shape index (κ3) is 2.12. The topological polar surface area (TPSA) is 49.4 Å². The summed E-state index contributed by atoms with van der Waals surface area (Å²) in [6.45, 7) is 0.642. The van der Waals surface area contributed by atoms with Gasteiger partial charge in [0.2, 0.25) is 11.8 Å². The van der Waals surface area contributed by atoms with E-state index in [-0.39, 0.29) is 23.7 Å². The zero-order valence-electron chi connectivity index (χ0n) is 7.55. The second-order valence-corrected chi connectivity index (χ2v) is 3.26. The van der Waals surface area contributed by atoms with Crippen molar-refractivity contribution in [2.75, 3.05) is 19.5 Å². The molecule has 4 nitrogen and oxygen atoms in total. The molecule has 0 spiro atoms. The molecule has 0 aromatic heterocycles. The maximum Gasteiger partial charge on any atom is 0.242 e. The van der Waals surface area contributed by atoms with Crippen molar-refractivity contribution in [1.82, 2.24) is 10.2 Å². The van der Waals surface area contributed by atoms with E-state index in [2.05, 4.69) is 5.32 Å². The zero-order valence-corrected chi connectivity index (χ0v) is 8.30. The maximum absolute atomic E-state index is 11.3. The van der Waals surface area contributed by atoms with Crippen molar-refractivity contribution < 1.29 is 9.59 Å². The van der Waals surface area contributed by atoms with Crippen LogP contribution in [0.4, 0.5) is 0 Å². The quantitative estimate of drug-likeness (QED) is 0.642. The molecule has 0 aliphatic carbocycles. The Bertz CT molecular complexity index is 198. The number of amides is 2. The predicted molar refractivity (Wildman–Crippen MR) is 49.5 cm³/mol. The Morgan fingerprint density at radius 2 is 2.31 bits per heavy atom. The molecule has 5 heteroatoms. The molecule has 0 bridgehead atoms. The summed E-state index contributed by atoms with van der Waals surface area (Å²) < 4.78 is 0. The number of carbonyl (C=O) groups excluding carboxylic acids is 2. The number of likely N-dealkylation sites (N-methyl/N-ethyl adjacent to an activating group) is 1. The van der Waals surface area contributed by atoms with Crippen LogP contribution in [0.3, 0.4) is 0 Å². The van der Waals surface area contributed by atoms with Crippen molar-refractivity contribution in [2.24, 2.45) is 0 Å². The van der Waals surface area contributed by atoms with Crippen LogP contribution < -0.4 is 5.32 Å². The van der Waals surface area contributed by atoms with E-state index < -0.39 is 0 Å². The number of carbonyl (C=O) groups is 2. The Kier molecular flexibility index (Phi) is 3.54. The molecular formula is C8H13ClN2O2. The van der Waals surface area contributed by atoms with Crippen LogP contribution in [-0.4, -0.2) is 42.2 Å². The average Bonchev–Trinajstić information content (AvgIpc) is 2.63.